The highest BCUT2D eigenvalue weighted by Crippen LogP contribution is 2.41. The minimum atomic E-state index is 0.897. The van der Waals surface area contributed by atoms with Crippen LogP contribution in [0.5, 0.6) is 0 Å². The van der Waals surface area contributed by atoms with E-state index in [0.29, 0.717) is 0 Å². The summed E-state index contributed by atoms with van der Waals surface area (Å²) in [5.74, 6) is 0. The molecule has 0 amide bonds. The van der Waals surface area contributed by atoms with E-state index in [1.165, 1.54) is 60.5 Å². The second kappa shape index (κ2) is 15.8. The quantitative estimate of drug-likeness (QED) is 0.142. The first-order valence-electron chi connectivity index (χ1n) is 21.9. The number of hydrogen-bond donors (Lipinski definition) is 0. The van der Waals surface area contributed by atoms with Crippen molar-refractivity contribution in [3.63, 3.8) is 0 Å². The maximum atomic E-state index is 6.27. The van der Waals surface area contributed by atoms with E-state index in [2.05, 4.69) is 241 Å². The van der Waals surface area contributed by atoms with Crippen LogP contribution in [0.25, 0.3) is 99.1 Å². The molecule has 12 rings (SSSR count). The molecule has 1 heterocycles. The average molecular weight is 816 g/mol. The molecule has 0 bridgehead atoms. The van der Waals surface area contributed by atoms with E-state index >= 15 is 0 Å². The molecule has 11 aromatic carbocycles. The predicted molar refractivity (Wildman–Crippen MR) is 271 cm³/mol. The molecule has 0 radical (unpaired) electrons. The Morgan fingerprint density at radius 2 is 0.688 bits per heavy atom. The first kappa shape index (κ1) is 37.3. The molecule has 1 aromatic heterocycles. The van der Waals surface area contributed by atoms with Crippen molar-refractivity contribution in [2.24, 2.45) is 0 Å². The van der Waals surface area contributed by atoms with E-state index in [0.717, 1.165) is 55.7 Å². The molecular formula is C62H41NO. The third-order valence-electron chi connectivity index (χ3n) is 12.7. The van der Waals surface area contributed by atoms with Gasteiger partial charge in [0.05, 0.1) is 0 Å². The second-order valence-corrected chi connectivity index (χ2v) is 16.5. The Hall–Kier alpha value is -8.46. The molecule has 0 aliphatic rings. The molecule has 0 fully saturated rings. The minimum absolute atomic E-state index is 0.897. The lowest BCUT2D eigenvalue weighted by molar-refractivity contribution is 0.669. The Kier molecular flexibility index (Phi) is 9.20. The second-order valence-electron chi connectivity index (χ2n) is 16.5. The van der Waals surface area contributed by atoms with E-state index in [4.69, 9.17) is 4.42 Å². The summed E-state index contributed by atoms with van der Waals surface area (Å²) in [6.07, 6.45) is 0. The van der Waals surface area contributed by atoms with Gasteiger partial charge in [-0.15, -0.1) is 0 Å². The first-order chi connectivity index (χ1) is 31.7. The Morgan fingerprint density at radius 1 is 0.234 bits per heavy atom. The van der Waals surface area contributed by atoms with Crippen LogP contribution in [0.3, 0.4) is 0 Å². The fourth-order valence-electron chi connectivity index (χ4n) is 9.43. The third-order valence-corrected chi connectivity index (χ3v) is 12.7. The molecule has 12 aromatic rings. The van der Waals surface area contributed by atoms with Crippen LogP contribution in [-0.4, -0.2) is 0 Å². The number of furan rings is 1. The van der Waals surface area contributed by atoms with Crippen LogP contribution < -0.4 is 4.90 Å². The van der Waals surface area contributed by atoms with Crippen LogP contribution in [0.15, 0.2) is 253 Å². The highest BCUT2D eigenvalue weighted by Gasteiger charge is 2.16. The van der Waals surface area contributed by atoms with Crippen LogP contribution >= 0.6 is 0 Å². The van der Waals surface area contributed by atoms with Crippen molar-refractivity contribution >= 4 is 60.5 Å². The number of anilines is 3. The van der Waals surface area contributed by atoms with Crippen molar-refractivity contribution in [1.29, 1.82) is 0 Å². The van der Waals surface area contributed by atoms with Crippen LogP contribution in [-0.2, 0) is 0 Å². The zero-order chi connectivity index (χ0) is 42.4. The van der Waals surface area contributed by atoms with Crippen LogP contribution in [0.2, 0.25) is 0 Å². The molecule has 2 nitrogen and oxygen atoms in total. The predicted octanol–water partition coefficient (Wildman–Crippen LogP) is 17.7. The van der Waals surface area contributed by atoms with Crippen molar-refractivity contribution in [2.45, 2.75) is 0 Å². The van der Waals surface area contributed by atoms with Crippen molar-refractivity contribution < 1.29 is 4.42 Å². The van der Waals surface area contributed by atoms with Gasteiger partial charge in [0.25, 0.3) is 0 Å². The number of hydrogen-bond acceptors (Lipinski definition) is 2. The smallest absolute Gasteiger partial charge is 0.136 e. The van der Waals surface area contributed by atoms with Gasteiger partial charge < -0.3 is 9.32 Å². The molecule has 0 saturated carbocycles. The molecule has 0 saturated heterocycles. The van der Waals surface area contributed by atoms with Crippen LogP contribution in [0, 0.1) is 0 Å². The molecule has 2 heteroatoms. The van der Waals surface area contributed by atoms with Crippen molar-refractivity contribution in [2.75, 3.05) is 4.90 Å². The summed E-state index contributed by atoms with van der Waals surface area (Å²) in [5.41, 5.74) is 16.8. The van der Waals surface area contributed by atoms with Crippen molar-refractivity contribution in [1.82, 2.24) is 0 Å². The number of rotatable bonds is 8. The topological polar surface area (TPSA) is 16.4 Å². The monoisotopic (exact) mass is 815 g/mol. The van der Waals surface area contributed by atoms with Gasteiger partial charge in [-0.25, -0.2) is 0 Å². The van der Waals surface area contributed by atoms with Gasteiger partial charge in [0.2, 0.25) is 0 Å². The summed E-state index contributed by atoms with van der Waals surface area (Å²) in [7, 11) is 0. The Labute approximate surface area is 372 Å². The standard InChI is InChI=1S/C62H41NO/c1-3-12-42(13-4-1)49-38-50(43-14-5-2-6-15-43)40-51(39-49)45-24-32-53(33-25-45)63(52-30-22-44(23-31-52)48-29-37-60-59-18-9-10-21-61(59)64-62(60)41-48)54-34-26-47(27-35-54)56-19-11-20-57-55-17-8-7-16-46(55)28-36-58(56)57/h1-41H. The fraction of sp³-hybridized carbons (Fsp3) is 0. The fourth-order valence-corrected chi connectivity index (χ4v) is 9.43. The van der Waals surface area contributed by atoms with E-state index in [1.54, 1.807) is 0 Å². The molecular weight excluding hydrogens is 775 g/mol. The molecule has 0 unspecified atom stereocenters. The number of nitrogens with zero attached hydrogens (tertiary/aromatic N) is 1. The van der Waals surface area contributed by atoms with Gasteiger partial charge in [-0.1, -0.05) is 176 Å². The lowest BCUT2D eigenvalue weighted by Gasteiger charge is -2.26. The lowest BCUT2D eigenvalue weighted by atomic mass is 9.93. The maximum Gasteiger partial charge on any atom is 0.136 e. The van der Waals surface area contributed by atoms with Gasteiger partial charge in [-0.05, 0) is 150 Å². The first-order valence-corrected chi connectivity index (χ1v) is 21.9. The largest absolute Gasteiger partial charge is 0.456 e. The molecule has 0 aliphatic carbocycles. The molecule has 300 valence electrons. The Morgan fingerprint density at radius 3 is 1.31 bits per heavy atom. The summed E-state index contributed by atoms with van der Waals surface area (Å²) < 4.78 is 6.27. The van der Waals surface area contributed by atoms with Crippen molar-refractivity contribution in [3.05, 3.63) is 249 Å². The van der Waals surface area contributed by atoms with Crippen LogP contribution in [0.4, 0.5) is 17.1 Å². The Bertz CT molecular complexity index is 3570. The summed E-state index contributed by atoms with van der Waals surface area (Å²) in [5, 5.41) is 7.33. The normalized spacial score (nSPS) is 11.4. The zero-order valence-electron chi connectivity index (χ0n) is 35.0. The average Bonchev–Trinajstić information content (AvgIpc) is 3.75. The van der Waals surface area contributed by atoms with E-state index in [9.17, 15) is 0 Å². The van der Waals surface area contributed by atoms with Gasteiger partial charge in [0.15, 0.2) is 0 Å². The summed E-state index contributed by atoms with van der Waals surface area (Å²) in [6.45, 7) is 0. The molecule has 0 atom stereocenters. The molecule has 64 heavy (non-hydrogen) atoms. The van der Waals surface area contributed by atoms with Gasteiger partial charge in [0, 0.05) is 27.8 Å². The number of benzene rings is 11. The molecule has 0 aliphatic heterocycles. The van der Waals surface area contributed by atoms with Gasteiger partial charge in [0.1, 0.15) is 11.2 Å². The highest BCUT2D eigenvalue weighted by atomic mass is 16.3. The molecule has 0 spiro atoms. The summed E-state index contributed by atoms with van der Waals surface area (Å²) in [6, 6.07) is 89.7. The SMILES string of the molecule is c1ccc(-c2cc(-c3ccccc3)cc(-c3ccc(N(c4ccc(-c5ccc6c(c5)oc5ccccc56)cc4)c4ccc(-c5cccc6c5ccc5ccccc56)cc4)cc3)c2)cc1. The molecule has 0 N–H and O–H groups in total. The van der Waals surface area contributed by atoms with E-state index in [-0.39, 0.29) is 0 Å². The van der Waals surface area contributed by atoms with E-state index < -0.39 is 0 Å². The van der Waals surface area contributed by atoms with Gasteiger partial charge >= 0.3 is 0 Å². The Balaban J connectivity index is 0.937. The summed E-state index contributed by atoms with van der Waals surface area (Å²) >= 11 is 0. The van der Waals surface area contributed by atoms with Crippen molar-refractivity contribution in [3.8, 4) is 55.6 Å². The number of para-hydroxylation sites is 1. The minimum Gasteiger partial charge on any atom is -0.456 e. The summed E-state index contributed by atoms with van der Waals surface area (Å²) in [4.78, 5) is 2.35. The number of fused-ring (bicyclic) bond motifs is 6. The zero-order valence-corrected chi connectivity index (χ0v) is 35.0. The third kappa shape index (κ3) is 6.79. The van der Waals surface area contributed by atoms with Crippen LogP contribution in [0.1, 0.15) is 0 Å². The van der Waals surface area contributed by atoms with Gasteiger partial charge in [-0.3, -0.25) is 0 Å². The maximum absolute atomic E-state index is 6.27. The van der Waals surface area contributed by atoms with Gasteiger partial charge in [-0.2, -0.15) is 0 Å². The van der Waals surface area contributed by atoms with E-state index in [1.807, 2.05) is 12.1 Å². The highest BCUT2D eigenvalue weighted by molar-refractivity contribution is 6.12. The lowest BCUT2D eigenvalue weighted by Crippen LogP contribution is -2.09.